The smallest absolute Gasteiger partial charge is 0.310 e. The number of esters is 1. The van der Waals surface area contributed by atoms with Gasteiger partial charge in [0.2, 0.25) is 11.8 Å². The molecule has 7 nitrogen and oxygen atoms in total. The van der Waals surface area contributed by atoms with E-state index < -0.39 is 23.9 Å². The molecule has 0 radical (unpaired) electrons. The quantitative estimate of drug-likeness (QED) is 0.416. The van der Waals surface area contributed by atoms with Gasteiger partial charge in [0.05, 0.1) is 25.0 Å². The highest BCUT2D eigenvalue weighted by Crippen LogP contribution is 2.24. The second-order valence-electron chi connectivity index (χ2n) is 8.53. The van der Waals surface area contributed by atoms with Gasteiger partial charge in [-0.25, -0.2) is 4.39 Å². The zero-order chi connectivity index (χ0) is 25.0. The fourth-order valence-corrected chi connectivity index (χ4v) is 3.93. The molecule has 35 heavy (non-hydrogen) atoms. The highest BCUT2D eigenvalue weighted by molar-refractivity contribution is 5.86. The average Bonchev–Trinajstić information content (AvgIpc) is 2.87. The van der Waals surface area contributed by atoms with E-state index in [1.165, 1.54) is 12.1 Å². The number of hydrogen-bond acceptors (Lipinski definition) is 5. The Morgan fingerprint density at radius 3 is 2.40 bits per heavy atom. The second-order valence-corrected chi connectivity index (χ2v) is 8.53. The highest BCUT2D eigenvalue weighted by atomic mass is 19.1. The van der Waals surface area contributed by atoms with Gasteiger partial charge in [0, 0.05) is 13.0 Å². The Labute approximate surface area is 204 Å². The molecule has 2 aromatic rings. The molecule has 0 bridgehead atoms. The molecule has 3 rings (SSSR count). The van der Waals surface area contributed by atoms with Gasteiger partial charge in [-0.15, -0.1) is 0 Å². The molecule has 0 aliphatic carbocycles. The third kappa shape index (κ3) is 8.33. The number of nitrogens with one attached hydrogen (secondary N) is 2. The minimum absolute atomic E-state index is 0.0228. The van der Waals surface area contributed by atoms with E-state index in [1.807, 2.05) is 36.4 Å². The summed E-state index contributed by atoms with van der Waals surface area (Å²) < 4.78 is 19.2. The van der Waals surface area contributed by atoms with Crippen molar-refractivity contribution in [3.05, 3.63) is 83.7 Å². The van der Waals surface area contributed by atoms with E-state index >= 15 is 0 Å². The first kappa shape index (κ1) is 26.1. The van der Waals surface area contributed by atoms with Crippen LogP contribution in [0.1, 0.15) is 36.5 Å². The molecule has 0 fully saturated rings. The van der Waals surface area contributed by atoms with Gasteiger partial charge in [0.1, 0.15) is 11.9 Å². The largest absolute Gasteiger partial charge is 0.455 e. The molecule has 1 aliphatic heterocycles. The summed E-state index contributed by atoms with van der Waals surface area (Å²) in [6, 6.07) is 15.2. The summed E-state index contributed by atoms with van der Waals surface area (Å²) >= 11 is 0. The number of aliphatic hydroxyl groups excluding tert-OH is 1. The molecule has 1 heterocycles. The van der Waals surface area contributed by atoms with Gasteiger partial charge in [-0.05, 0) is 42.5 Å². The first-order chi connectivity index (χ1) is 17.0. The number of ether oxygens (including phenoxy) is 1. The van der Waals surface area contributed by atoms with Crippen LogP contribution in [0.5, 0.6) is 0 Å². The summed E-state index contributed by atoms with van der Waals surface area (Å²) in [6.45, 7) is 0.0124. The lowest BCUT2D eigenvalue weighted by molar-refractivity contribution is -0.154. The van der Waals surface area contributed by atoms with E-state index in [0.29, 0.717) is 19.3 Å². The van der Waals surface area contributed by atoms with E-state index in [4.69, 9.17) is 9.84 Å². The summed E-state index contributed by atoms with van der Waals surface area (Å²) in [6.07, 6.45) is 3.98. The number of allylic oxidation sites excluding steroid dienone is 2. The summed E-state index contributed by atoms with van der Waals surface area (Å²) in [5, 5.41) is 14.3. The van der Waals surface area contributed by atoms with Gasteiger partial charge in [0.25, 0.3) is 0 Å². The molecule has 0 unspecified atom stereocenters. The average molecular weight is 483 g/mol. The van der Waals surface area contributed by atoms with Gasteiger partial charge in [0.15, 0.2) is 0 Å². The van der Waals surface area contributed by atoms with Gasteiger partial charge in [-0.1, -0.05) is 54.6 Å². The molecule has 3 N–H and O–H groups in total. The summed E-state index contributed by atoms with van der Waals surface area (Å²) in [7, 11) is 0. The normalized spacial score (nSPS) is 22.2. The van der Waals surface area contributed by atoms with Gasteiger partial charge in [-0.3, -0.25) is 14.4 Å². The molecular weight excluding hydrogens is 451 g/mol. The van der Waals surface area contributed by atoms with Crippen LogP contribution < -0.4 is 10.6 Å². The zero-order valence-corrected chi connectivity index (χ0v) is 19.5. The maximum Gasteiger partial charge on any atom is 0.310 e. The van der Waals surface area contributed by atoms with Crippen LogP contribution >= 0.6 is 0 Å². The Bertz CT molecular complexity index is 1010. The van der Waals surface area contributed by atoms with Crippen LogP contribution in [0.2, 0.25) is 0 Å². The van der Waals surface area contributed by atoms with Crippen LogP contribution in [0.15, 0.2) is 66.7 Å². The van der Waals surface area contributed by atoms with E-state index in [-0.39, 0.29) is 43.7 Å². The lowest BCUT2D eigenvalue weighted by atomic mass is 9.94. The summed E-state index contributed by atoms with van der Waals surface area (Å²) in [4.78, 5) is 38.2. The van der Waals surface area contributed by atoms with Gasteiger partial charge in [-0.2, -0.15) is 0 Å². The van der Waals surface area contributed by atoms with Crippen molar-refractivity contribution in [3.8, 4) is 0 Å². The van der Waals surface area contributed by atoms with Crippen LogP contribution in [0.3, 0.4) is 0 Å². The molecule has 0 saturated carbocycles. The predicted molar refractivity (Wildman–Crippen MR) is 128 cm³/mol. The van der Waals surface area contributed by atoms with Crippen LogP contribution in [0.4, 0.5) is 4.39 Å². The number of hydrogen-bond donors (Lipinski definition) is 3. The molecule has 186 valence electrons. The maximum atomic E-state index is 13.3. The van der Waals surface area contributed by atoms with Crippen molar-refractivity contribution >= 4 is 17.8 Å². The highest BCUT2D eigenvalue weighted by Gasteiger charge is 2.27. The van der Waals surface area contributed by atoms with Crippen molar-refractivity contribution in [1.82, 2.24) is 10.6 Å². The lowest BCUT2D eigenvalue weighted by Gasteiger charge is -2.24. The third-order valence-electron chi connectivity index (χ3n) is 5.86. The van der Waals surface area contributed by atoms with E-state index in [9.17, 15) is 18.8 Å². The number of cyclic esters (lactones) is 1. The van der Waals surface area contributed by atoms with E-state index in [2.05, 4.69) is 10.6 Å². The number of carbonyl (C=O) groups excluding carboxylic acids is 3. The van der Waals surface area contributed by atoms with Crippen molar-refractivity contribution in [2.75, 3.05) is 19.7 Å². The topological polar surface area (TPSA) is 105 Å². The number of carbonyl (C=O) groups is 3. The van der Waals surface area contributed by atoms with Crippen molar-refractivity contribution in [2.24, 2.45) is 11.8 Å². The first-order valence-corrected chi connectivity index (χ1v) is 11.8. The minimum Gasteiger partial charge on any atom is -0.455 e. The Hall–Kier alpha value is -3.52. The Morgan fingerprint density at radius 1 is 1.03 bits per heavy atom. The Kier molecular flexibility index (Phi) is 9.98. The lowest BCUT2D eigenvalue weighted by Crippen LogP contribution is -2.38. The molecule has 2 aromatic carbocycles. The van der Waals surface area contributed by atoms with Gasteiger partial charge < -0.3 is 20.5 Å². The van der Waals surface area contributed by atoms with Gasteiger partial charge >= 0.3 is 5.97 Å². The number of halogens is 1. The van der Waals surface area contributed by atoms with Crippen LogP contribution in [0, 0.1) is 17.7 Å². The molecule has 8 heteroatoms. The van der Waals surface area contributed by atoms with Crippen molar-refractivity contribution in [3.63, 3.8) is 0 Å². The second kappa shape index (κ2) is 13.4. The molecular formula is C27H31FN2O5. The number of rotatable bonds is 7. The van der Waals surface area contributed by atoms with Crippen molar-refractivity contribution in [2.45, 2.75) is 31.8 Å². The Balaban J connectivity index is 1.82. The number of benzene rings is 2. The van der Waals surface area contributed by atoms with Crippen molar-refractivity contribution < 1.29 is 28.6 Å². The molecule has 3 atom stereocenters. The van der Waals surface area contributed by atoms with Crippen LogP contribution in [0.25, 0.3) is 0 Å². The SMILES string of the molecule is O=C(C[C@H]1C/C=C\C[C@@H](Cc2ccc(F)cc2)C(=O)O[C@H](c2ccccc2)CNC1=O)NCCO. The van der Waals surface area contributed by atoms with Crippen LogP contribution in [-0.4, -0.2) is 42.6 Å². The standard InChI is InChI=1S/C27H31FN2O5/c28-23-12-10-19(11-13-23)16-22-9-5-4-8-21(17-25(32)29-14-15-31)26(33)30-18-24(35-27(22)34)20-6-2-1-3-7-20/h1-7,10-13,21-22,24,31H,8-9,14-18H2,(H,29,32)(H,30,33)/b5-4-/t21-,22+,24+/m1/s1. The molecule has 0 saturated heterocycles. The molecule has 1 aliphatic rings. The van der Waals surface area contributed by atoms with E-state index in [0.717, 1.165) is 11.1 Å². The third-order valence-corrected chi connectivity index (χ3v) is 5.86. The monoisotopic (exact) mass is 482 g/mol. The number of aliphatic hydroxyl groups is 1. The Morgan fingerprint density at radius 2 is 1.71 bits per heavy atom. The summed E-state index contributed by atoms with van der Waals surface area (Å²) in [5.74, 6) is -2.48. The summed E-state index contributed by atoms with van der Waals surface area (Å²) in [5.41, 5.74) is 1.56. The fraction of sp³-hybridized carbons (Fsp3) is 0.370. The van der Waals surface area contributed by atoms with Crippen molar-refractivity contribution in [1.29, 1.82) is 0 Å². The number of amides is 2. The molecule has 2 amide bonds. The zero-order valence-electron chi connectivity index (χ0n) is 19.5. The first-order valence-electron chi connectivity index (χ1n) is 11.8. The van der Waals surface area contributed by atoms with Crippen LogP contribution in [-0.2, 0) is 25.5 Å². The molecule has 0 spiro atoms. The molecule has 0 aromatic heterocycles. The minimum atomic E-state index is -0.698. The predicted octanol–water partition coefficient (Wildman–Crippen LogP) is 2.85. The fourth-order valence-electron chi connectivity index (χ4n) is 3.93. The van der Waals surface area contributed by atoms with E-state index in [1.54, 1.807) is 18.2 Å². The maximum absolute atomic E-state index is 13.3.